The third-order valence-corrected chi connectivity index (χ3v) is 4.63. The first kappa shape index (κ1) is 14.1. The number of fused-ring (bicyclic) bond motifs is 1. The molecule has 0 bridgehead atoms. The van der Waals surface area contributed by atoms with E-state index in [1.54, 1.807) is 18.5 Å². The van der Waals surface area contributed by atoms with Crippen molar-refractivity contribution in [3.8, 4) is 0 Å². The van der Waals surface area contributed by atoms with Crippen LogP contribution < -0.4 is 0 Å². The highest BCUT2D eigenvalue weighted by molar-refractivity contribution is 6.00. The van der Waals surface area contributed by atoms with E-state index in [1.807, 2.05) is 6.07 Å². The summed E-state index contributed by atoms with van der Waals surface area (Å²) in [5, 5.41) is 9.24. The Labute approximate surface area is 124 Å². The first-order chi connectivity index (χ1) is 9.98. The molecule has 0 radical (unpaired) electrons. The van der Waals surface area contributed by atoms with Crippen LogP contribution in [0.2, 0.25) is 0 Å². The Morgan fingerprint density at radius 1 is 1.38 bits per heavy atom. The summed E-state index contributed by atoms with van der Waals surface area (Å²) in [5.41, 5.74) is 2.02. The topological polar surface area (TPSA) is 58.4 Å². The van der Waals surface area contributed by atoms with Gasteiger partial charge in [0.05, 0.1) is 17.4 Å². The summed E-state index contributed by atoms with van der Waals surface area (Å²) < 4.78 is 2.10. The predicted molar refractivity (Wildman–Crippen MR) is 81.5 cm³/mol. The number of nitrogens with zero attached hydrogens (tertiary/aromatic N) is 3. The van der Waals surface area contributed by atoms with Gasteiger partial charge in [0.1, 0.15) is 5.52 Å². The Kier molecular flexibility index (Phi) is 3.45. The number of hydrogen-bond donors (Lipinski definition) is 1. The van der Waals surface area contributed by atoms with Gasteiger partial charge in [-0.15, -0.1) is 0 Å². The van der Waals surface area contributed by atoms with E-state index in [0.29, 0.717) is 5.52 Å². The lowest BCUT2D eigenvalue weighted by molar-refractivity contribution is 0.0699. The van der Waals surface area contributed by atoms with Crippen molar-refractivity contribution in [2.75, 3.05) is 20.1 Å². The molecule has 0 aliphatic carbocycles. The number of benzene rings is 1. The SMILES string of the molecule is CN1CCC(C)(Cn2cnc3c(C(=O)O)cccc32)CC1. The lowest BCUT2D eigenvalue weighted by atomic mass is 9.80. The van der Waals surface area contributed by atoms with Crippen molar-refractivity contribution < 1.29 is 9.90 Å². The van der Waals surface area contributed by atoms with Crippen LogP contribution in [-0.4, -0.2) is 45.7 Å². The lowest BCUT2D eigenvalue weighted by Crippen LogP contribution is -2.38. The van der Waals surface area contributed by atoms with Crippen LogP contribution in [-0.2, 0) is 6.54 Å². The maximum Gasteiger partial charge on any atom is 0.337 e. The molecule has 1 saturated heterocycles. The van der Waals surface area contributed by atoms with E-state index < -0.39 is 5.97 Å². The molecule has 1 aromatic heterocycles. The van der Waals surface area contributed by atoms with E-state index in [2.05, 4.69) is 28.4 Å². The summed E-state index contributed by atoms with van der Waals surface area (Å²) in [4.78, 5) is 17.9. The Balaban J connectivity index is 1.91. The smallest absolute Gasteiger partial charge is 0.337 e. The molecule has 21 heavy (non-hydrogen) atoms. The largest absolute Gasteiger partial charge is 0.478 e. The van der Waals surface area contributed by atoms with E-state index in [0.717, 1.165) is 38.0 Å². The predicted octanol–water partition coefficient (Wildman–Crippen LogP) is 2.47. The van der Waals surface area contributed by atoms with Crippen molar-refractivity contribution in [2.24, 2.45) is 5.41 Å². The number of para-hydroxylation sites is 1. The Hall–Kier alpha value is -1.88. The average Bonchev–Trinajstić information content (AvgIpc) is 2.85. The van der Waals surface area contributed by atoms with Crippen molar-refractivity contribution >= 4 is 17.0 Å². The van der Waals surface area contributed by atoms with E-state index in [1.165, 1.54) is 0 Å². The standard InChI is InChI=1S/C16H21N3O2/c1-16(6-8-18(2)9-7-16)10-19-11-17-14-12(15(20)21)4-3-5-13(14)19/h3-5,11H,6-10H2,1-2H3,(H,20,21). The minimum absolute atomic E-state index is 0.249. The van der Waals surface area contributed by atoms with Gasteiger partial charge in [-0.3, -0.25) is 0 Å². The Bertz CT molecular complexity index is 669. The van der Waals surface area contributed by atoms with Crippen LogP contribution in [0.25, 0.3) is 11.0 Å². The van der Waals surface area contributed by atoms with Crippen molar-refractivity contribution in [1.82, 2.24) is 14.5 Å². The van der Waals surface area contributed by atoms with Gasteiger partial charge < -0.3 is 14.6 Å². The number of aromatic carboxylic acids is 1. The number of carbonyl (C=O) groups is 1. The molecule has 112 valence electrons. The van der Waals surface area contributed by atoms with Gasteiger partial charge in [0.15, 0.2) is 0 Å². The summed E-state index contributed by atoms with van der Waals surface area (Å²) in [7, 11) is 2.16. The molecule has 1 N–H and O–H groups in total. The molecule has 0 saturated carbocycles. The second-order valence-electron chi connectivity index (χ2n) is 6.46. The number of carboxylic acid groups (broad SMARTS) is 1. The van der Waals surface area contributed by atoms with Gasteiger partial charge in [-0.05, 0) is 50.5 Å². The van der Waals surface area contributed by atoms with Gasteiger partial charge in [0.2, 0.25) is 0 Å². The molecule has 1 aliphatic rings. The molecule has 1 aliphatic heterocycles. The zero-order chi connectivity index (χ0) is 15.0. The lowest BCUT2D eigenvalue weighted by Gasteiger charge is -2.38. The molecule has 1 aromatic carbocycles. The molecule has 1 fully saturated rings. The first-order valence-corrected chi connectivity index (χ1v) is 7.34. The van der Waals surface area contributed by atoms with E-state index in [4.69, 9.17) is 0 Å². The average molecular weight is 287 g/mol. The normalized spacial score (nSPS) is 19.0. The minimum Gasteiger partial charge on any atom is -0.478 e. The van der Waals surface area contributed by atoms with Crippen LogP contribution >= 0.6 is 0 Å². The van der Waals surface area contributed by atoms with Gasteiger partial charge >= 0.3 is 5.97 Å². The monoisotopic (exact) mass is 287 g/mol. The van der Waals surface area contributed by atoms with Crippen molar-refractivity contribution in [3.05, 3.63) is 30.1 Å². The van der Waals surface area contributed by atoms with E-state index in [-0.39, 0.29) is 11.0 Å². The first-order valence-electron chi connectivity index (χ1n) is 7.34. The van der Waals surface area contributed by atoms with Crippen LogP contribution in [0.4, 0.5) is 0 Å². The van der Waals surface area contributed by atoms with Gasteiger partial charge in [-0.1, -0.05) is 13.0 Å². The number of carboxylic acids is 1. The second kappa shape index (κ2) is 5.15. The number of rotatable bonds is 3. The van der Waals surface area contributed by atoms with Crippen LogP contribution in [0, 0.1) is 5.41 Å². The molecular formula is C16H21N3O2. The van der Waals surface area contributed by atoms with Crippen LogP contribution in [0.15, 0.2) is 24.5 Å². The van der Waals surface area contributed by atoms with Gasteiger partial charge in [-0.25, -0.2) is 9.78 Å². The molecule has 0 amide bonds. The number of aromatic nitrogens is 2. The quantitative estimate of drug-likeness (QED) is 0.942. The fourth-order valence-corrected chi connectivity index (χ4v) is 3.11. The van der Waals surface area contributed by atoms with Crippen molar-refractivity contribution in [2.45, 2.75) is 26.3 Å². The van der Waals surface area contributed by atoms with Crippen LogP contribution in [0.5, 0.6) is 0 Å². The van der Waals surface area contributed by atoms with E-state index in [9.17, 15) is 9.90 Å². The fraction of sp³-hybridized carbons (Fsp3) is 0.500. The Morgan fingerprint density at radius 3 is 2.76 bits per heavy atom. The molecule has 0 spiro atoms. The summed E-state index contributed by atoms with van der Waals surface area (Å²) >= 11 is 0. The zero-order valence-electron chi connectivity index (χ0n) is 12.5. The molecule has 3 rings (SSSR count). The molecular weight excluding hydrogens is 266 g/mol. The zero-order valence-corrected chi connectivity index (χ0v) is 12.5. The van der Waals surface area contributed by atoms with Crippen LogP contribution in [0.3, 0.4) is 0 Å². The molecule has 2 aromatic rings. The third-order valence-electron chi connectivity index (χ3n) is 4.63. The highest BCUT2D eigenvalue weighted by Gasteiger charge is 2.29. The van der Waals surface area contributed by atoms with E-state index >= 15 is 0 Å². The highest BCUT2D eigenvalue weighted by atomic mass is 16.4. The summed E-state index contributed by atoms with van der Waals surface area (Å²) in [6, 6.07) is 5.35. The summed E-state index contributed by atoms with van der Waals surface area (Å²) in [6.07, 6.45) is 4.09. The second-order valence-corrected chi connectivity index (χ2v) is 6.46. The minimum atomic E-state index is -0.920. The van der Waals surface area contributed by atoms with Crippen molar-refractivity contribution in [1.29, 1.82) is 0 Å². The van der Waals surface area contributed by atoms with Crippen molar-refractivity contribution in [3.63, 3.8) is 0 Å². The molecule has 5 nitrogen and oxygen atoms in total. The number of likely N-dealkylation sites (tertiary alicyclic amines) is 1. The van der Waals surface area contributed by atoms with Gasteiger partial charge in [-0.2, -0.15) is 0 Å². The molecule has 2 heterocycles. The number of hydrogen-bond acceptors (Lipinski definition) is 3. The van der Waals surface area contributed by atoms with Gasteiger partial charge in [0, 0.05) is 6.54 Å². The molecule has 5 heteroatoms. The fourth-order valence-electron chi connectivity index (χ4n) is 3.11. The maximum absolute atomic E-state index is 11.3. The van der Waals surface area contributed by atoms with Gasteiger partial charge in [0.25, 0.3) is 0 Å². The molecule has 0 atom stereocenters. The van der Waals surface area contributed by atoms with Crippen LogP contribution in [0.1, 0.15) is 30.1 Å². The number of imidazole rings is 1. The third kappa shape index (κ3) is 2.65. The Morgan fingerprint density at radius 2 is 2.10 bits per heavy atom. The highest BCUT2D eigenvalue weighted by Crippen LogP contribution is 2.33. The maximum atomic E-state index is 11.3. The number of piperidine rings is 1. The summed E-state index contributed by atoms with van der Waals surface area (Å²) in [6.45, 7) is 5.43. The summed E-state index contributed by atoms with van der Waals surface area (Å²) in [5.74, 6) is -0.920. The molecule has 0 unspecified atom stereocenters.